The third-order valence-electron chi connectivity index (χ3n) is 4.23. The molecule has 3 N–H and O–H groups in total. The van der Waals surface area contributed by atoms with Gasteiger partial charge < -0.3 is 20.1 Å². The Labute approximate surface area is 195 Å². The van der Waals surface area contributed by atoms with Crippen LogP contribution < -0.4 is 25.5 Å². The first-order valence-corrected chi connectivity index (χ1v) is 10.0. The fraction of sp³-hybridized carbons (Fsp3) is 0.238. The van der Waals surface area contributed by atoms with Crippen molar-refractivity contribution in [1.82, 2.24) is 5.43 Å². The molecule has 2 rings (SSSR count). The van der Waals surface area contributed by atoms with E-state index < -0.39 is 17.7 Å². The number of anilines is 2. The summed E-state index contributed by atoms with van der Waals surface area (Å²) in [7, 11) is 2.88. The maximum absolute atomic E-state index is 12.3. The molecule has 0 atom stereocenters. The van der Waals surface area contributed by atoms with Gasteiger partial charge in [-0.2, -0.15) is 5.10 Å². The Hall–Kier alpha value is -3.30. The van der Waals surface area contributed by atoms with Gasteiger partial charge in [0.05, 0.1) is 31.4 Å². The van der Waals surface area contributed by atoms with E-state index in [-0.39, 0.29) is 12.1 Å². The highest BCUT2D eigenvalue weighted by Gasteiger charge is 2.16. The number of nitrogens with zero attached hydrogens (tertiary/aromatic N) is 1. The summed E-state index contributed by atoms with van der Waals surface area (Å²) in [5.74, 6) is -1.63. The Morgan fingerprint density at radius 1 is 0.938 bits per heavy atom. The van der Waals surface area contributed by atoms with Crippen molar-refractivity contribution in [2.75, 3.05) is 24.9 Å². The third-order valence-corrected chi connectivity index (χ3v) is 4.94. The molecular weight excluding hydrogens is 459 g/mol. The minimum Gasteiger partial charge on any atom is -0.495 e. The molecule has 0 radical (unpaired) electrons. The standard InChI is InChI=1S/C21H22Cl2N4O5/c1-11(8-19(28)24-16-10-17(31-3)14(23)9-18(16)32-4)26-27-21(30)20(29)25-15-7-5-6-13(22)12(15)2/h5-7,9-10H,8H2,1-4H3,(H,24,28)(H,25,29)(H,27,30). The number of nitrogens with one attached hydrogen (secondary N) is 3. The average Bonchev–Trinajstić information content (AvgIpc) is 2.75. The molecule has 0 spiro atoms. The van der Waals surface area contributed by atoms with E-state index in [4.69, 9.17) is 32.7 Å². The van der Waals surface area contributed by atoms with Crippen LogP contribution in [0.25, 0.3) is 0 Å². The van der Waals surface area contributed by atoms with Crippen LogP contribution in [0.1, 0.15) is 18.9 Å². The predicted molar refractivity (Wildman–Crippen MR) is 124 cm³/mol. The van der Waals surface area contributed by atoms with E-state index in [9.17, 15) is 14.4 Å². The number of rotatable bonds is 7. The molecule has 32 heavy (non-hydrogen) atoms. The van der Waals surface area contributed by atoms with Gasteiger partial charge in [0.25, 0.3) is 0 Å². The van der Waals surface area contributed by atoms with Crippen LogP contribution in [0, 0.1) is 6.92 Å². The lowest BCUT2D eigenvalue weighted by Crippen LogP contribution is -2.33. The van der Waals surface area contributed by atoms with Gasteiger partial charge in [0.1, 0.15) is 11.5 Å². The number of carbonyl (C=O) groups is 3. The number of benzene rings is 2. The molecule has 2 aromatic rings. The van der Waals surface area contributed by atoms with Crippen LogP contribution in [-0.2, 0) is 14.4 Å². The quantitative estimate of drug-likeness (QED) is 0.316. The number of methoxy groups -OCH3 is 2. The van der Waals surface area contributed by atoms with Crippen molar-refractivity contribution < 1.29 is 23.9 Å². The van der Waals surface area contributed by atoms with Crippen molar-refractivity contribution in [1.29, 1.82) is 0 Å². The summed E-state index contributed by atoms with van der Waals surface area (Å²) < 4.78 is 10.3. The minimum absolute atomic E-state index is 0.149. The Kier molecular flexibility index (Phi) is 8.86. The first-order chi connectivity index (χ1) is 15.2. The molecule has 0 heterocycles. The minimum atomic E-state index is -0.992. The molecule has 3 amide bonds. The predicted octanol–water partition coefficient (Wildman–Crippen LogP) is 3.78. The first-order valence-electron chi connectivity index (χ1n) is 9.27. The highest BCUT2D eigenvalue weighted by atomic mass is 35.5. The van der Waals surface area contributed by atoms with Crippen LogP contribution >= 0.6 is 23.2 Å². The molecule has 0 aliphatic rings. The molecule has 0 aliphatic carbocycles. The van der Waals surface area contributed by atoms with Gasteiger partial charge in [-0.3, -0.25) is 14.4 Å². The molecule has 0 aromatic heterocycles. The SMILES string of the molecule is COc1cc(NC(=O)CC(C)=NNC(=O)C(=O)Nc2cccc(Cl)c2C)c(OC)cc1Cl. The third kappa shape index (κ3) is 6.60. The van der Waals surface area contributed by atoms with Crippen LogP contribution in [-0.4, -0.2) is 37.7 Å². The molecule has 0 saturated carbocycles. The van der Waals surface area contributed by atoms with Crippen molar-refractivity contribution >= 4 is 58.0 Å². The number of hydrazone groups is 1. The van der Waals surface area contributed by atoms with E-state index in [1.54, 1.807) is 25.1 Å². The summed E-state index contributed by atoms with van der Waals surface area (Å²) in [6.07, 6.45) is -0.149. The molecule has 2 aromatic carbocycles. The molecule has 0 unspecified atom stereocenters. The monoisotopic (exact) mass is 480 g/mol. The molecule has 0 saturated heterocycles. The summed E-state index contributed by atoms with van der Waals surface area (Å²) in [5, 5.41) is 9.69. The van der Waals surface area contributed by atoms with Crippen LogP contribution in [0.5, 0.6) is 11.5 Å². The van der Waals surface area contributed by atoms with Crippen molar-refractivity contribution in [2.45, 2.75) is 20.3 Å². The zero-order valence-corrected chi connectivity index (χ0v) is 19.4. The van der Waals surface area contributed by atoms with E-state index in [1.165, 1.54) is 33.3 Å². The van der Waals surface area contributed by atoms with Gasteiger partial charge in [-0.1, -0.05) is 29.3 Å². The molecule has 11 heteroatoms. The number of halogens is 2. The number of hydrogen-bond donors (Lipinski definition) is 3. The van der Waals surface area contributed by atoms with Gasteiger partial charge >= 0.3 is 11.8 Å². The molecule has 9 nitrogen and oxygen atoms in total. The fourth-order valence-corrected chi connectivity index (χ4v) is 2.95. The second kappa shape index (κ2) is 11.4. The molecular formula is C21H22Cl2N4O5. The number of hydrogen-bond acceptors (Lipinski definition) is 6. The number of amides is 3. The lowest BCUT2D eigenvalue weighted by molar-refractivity contribution is -0.136. The molecule has 0 fully saturated rings. The van der Waals surface area contributed by atoms with Crippen molar-refractivity contribution in [3.63, 3.8) is 0 Å². The Bertz CT molecular complexity index is 1070. The van der Waals surface area contributed by atoms with Gasteiger partial charge in [-0.05, 0) is 31.5 Å². The highest BCUT2D eigenvalue weighted by Crippen LogP contribution is 2.35. The Morgan fingerprint density at radius 2 is 1.62 bits per heavy atom. The highest BCUT2D eigenvalue weighted by molar-refractivity contribution is 6.40. The molecule has 0 aliphatic heterocycles. The van der Waals surface area contributed by atoms with Crippen molar-refractivity contribution in [3.8, 4) is 11.5 Å². The van der Waals surface area contributed by atoms with Gasteiger partial charge in [0.2, 0.25) is 5.91 Å². The van der Waals surface area contributed by atoms with E-state index >= 15 is 0 Å². The summed E-state index contributed by atoms with van der Waals surface area (Å²) in [5.41, 5.74) is 3.77. The lowest BCUT2D eigenvalue weighted by atomic mass is 10.2. The van der Waals surface area contributed by atoms with E-state index in [0.29, 0.717) is 38.5 Å². The largest absolute Gasteiger partial charge is 0.495 e. The Morgan fingerprint density at radius 3 is 2.28 bits per heavy atom. The normalized spacial score (nSPS) is 10.9. The van der Waals surface area contributed by atoms with Gasteiger partial charge in [-0.15, -0.1) is 0 Å². The number of ether oxygens (including phenoxy) is 2. The maximum atomic E-state index is 12.3. The topological polar surface area (TPSA) is 118 Å². The maximum Gasteiger partial charge on any atom is 0.329 e. The lowest BCUT2D eigenvalue weighted by Gasteiger charge is -2.13. The Balaban J connectivity index is 1.96. The van der Waals surface area contributed by atoms with Crippen LogP contribution in [0.15, 0.2) is 35.4 Å². The van der Waals surface area contributed by atoms with E-state index in [0.717, 1.165) is 0 Å². The van der Waals surface area contributed by atoms with E-state index in [1.807, 2.05) is 0 Å². The second-order valence-electron chi connectivity index (χ2n) is 6.57. The fourth-order valence-electron chi connectivity index (χ4n) is 2.54. The molecule has 170 valence electrons. The van der Waals surface area contributed by atoms with Gasteiger partial charge in [0.15, 0.2) is 0 Å². The summed E-state index contributed by atoms with van der Waals surface area (Å²) in [6, 6.07) is 7.97. The first kappa shape index (κ1) is 25.0. The van der Waals surface area contributed by atoms with Gasteiger partial charge in [-0.25, -0.2) is 5.43 Å². The second-order valence-corrected chi connectivity index (χ2v) is 7.38. The smallest absolute Gasteiger partial charge is 0.329 e. The van der Waals surface area contributed by atoms with Crippen molar-refractivity contribution in [3.05, 3.63) is 45.9 Å². The average molecular weight is 481 g/mol. The van der Waals surface area contributed by atoms with E-state index in [2.05, 4.69) is 21.2 Å². The summed E-state index contributed by atoms with van der Waals surface area (Å²) in [6.45, 7) is 3.24. The summed E-state index contributed by atoms with van der Waals surface area (Å²) >= 11 is 12.0. The van der Waals surface area contributed by atoms with Crippen LogP contribution in [0.4, 0.5) is 11.4 Å². The zero-order chi connectivity index (χ0) is 23.8. The van der Waals surface area contributed by atoms with Gasteiger partial charge in [0, 0.05) is 28.6 Å². The van der Waals surface area contributed by atoms with Crippen LogP contribution in [0.2, 0.25) is 10.0 Å². The van der Waals surface area contributed by atoms with Crippen molar-refractivity contribution in [2.24, 2.45) is 5.10 Å². The molecule has 0 bridgehead atoms. The number of carbonyl (C=O) groups excluding carboxylic acids is 3. The zero-order valence-electron chi connectivity index (χ0n) is 17.8. The van der Waals surface area contributed by atoms with Crippen LogP contribution in [0.3, 0.4) is 0 Å². The summed E-state index contributed by atoms with van der Waals surface area (Å²) in [4.78, 5) is 36.4.